The van der Waals surface area contributed by atoms with E-state index in [1.807, 2.05) is 6.92 Å². The SMILES string of the molecule is CCCCCCOc1ccccc1C(=O)/C=N/NS(=O)(=O)c1ccc(OCC)cc1. The second-order valence-electron chi connectivity index (χ2n) is 6.53. The minimum Gasteiger partial charge on any atom is -0.494 e. The van der Waals surface area contributed by atoms with Crippen molar-refractivity contribution in [3.63, 3.8) is 0 Å². The van der Waals surface area contributed by atoms with E-state index in [4.69, 9.17) is 9.47 Å². The first-order chi connectivity index (χ1) is 14.5. The number of hydrazone groups is 1. The van der Waals surface area contributed by atoms with E-state index in [1.165, 1.54) is 12.1 Å². The van der Waals surface area contributed by atoms with Crippen LogP contribution in [0.3, 0.4) is 0 Å². The first kappa shape index (κ1) is 23.4. The van der Waals surface area contributed by atoms with Gasteiger partial charge in [0.1, 0.15) is 11.5 Å². The normalized spacial score (nSPS) is 11.4. The molecule has 0 fully saturated rings. The zero-order chi connectivity index (χ0) is 21.8. The third-order valence-electron chi connectivity index (χ3n) is 4.21. The van der Waals surface area contributed by atoms with Crippen molar-refractivity contribution < 1.29 is 22.7 Å². The number of nitrogens with zero attached hydrogens (tertiary/aromatic N) is 1. The Kier molecular flexibility index (Phi) is 9.34. The maximum absolute atomic E-state index is 12.5. The maximum Gasteiger partial charge on any atom is 0.276 e. The van der Waals surface area contributed by atoms with E-state index in [1.54, 1.807) is 36.4 Å². The second kappa shape index (κ2) is 12.0. The van der Waals surface area contributed by atoms with Crippen LogP contribution in [-0.4, -0.2) is 33.6 Å². The summed E-state index contributed by atoms with van der Waals surface area (Å²) in [7, 11) is -3.89. The quantitative estimate of drug-likeness (QED) is 0.222. The molecule has 0 aliphatic carbocycles. The molecule has 0 radical (unpaired) electrons. The molecular weight excluding hydrogens is 404 g/mol. The lowest BCUT2D eigenvalue weighted by Crippen LogP contribution is -2.19. The molecule has 0 saturated heterocycles. The van der Waals surface area contributed by atoms with Crippen molar-refractivity contribution in [3.05, 3.63) is 54.1 Å². The molecule has 0 heterocycles. The summed E-state index contributed by atoms with van der Waals surface area (Å²) in [4.78, 5) is 14.5. The minimum atomic E-state index is -3.89. The highest BCUT2D eigenvalue weighted by Crippen LogP contribution is 2.19. The van der Waals surface area contributed by atoms with Crippen molar-refractivity contribution in [2.75, 3.05) is 13.2 Å². The van der Waals surface area contributed by atoms with Gasteiger partial charge in [0.15, 0.2) is 0 Å². The summed E-state index contributed by atoms with van der Waals surface area (Å²) in [5, 5.41) is 3.62. The molecule has 30 heavy (non-hydrogen) atoms. The first-order valence-electron chi connectivity index (χ1n) is 10.0. The van der Waals surface area contributed by atoms with Crippen LogP contribution in [0.15, 0.2) is 58.5 Å². The molecule has 7 nitrogen and oxygen atoms in total. The van der Waals surface area contributed by atoms with Crippen LogP contribution in [0, 0.1) is 0 Å². The number of Topliss-reactive ketones (excluding diaryl/α,β-unsaturated/α-hetero) is 1. The number of nitrogens with one attached hydrogen (secondary N) is 1. The maximum atomic E-state index is 12.5. The number of hydrogen-bond donors (Lipinski definition) is 1. The molecule has 0 aliphatic heterocycles. The summed E-state index contributed by atoms with van der Waals surface area (Å²) in [6, 6.07) is 12.8. The molecule has 2 rings (SSSR count). The minimum absolute atomic E-state index is 0.0198. The van der Waals surface area contributed by atoms with Gasteiger partial charge in [0.25, 0.3) is 10.0 Å². The molecule has 0 unspecified atom stereocenters. The van der Waals surface area contributed by atoms with Crippen LogP contribution in [-0.2, 0) is 10.0 Å². The van der Waals surface area contributed by atoms with Crippen LogP contribution in [0.5, 0.6) is 11.5 Å². The van der Waals surface area contributed by atoms with Crippen LogP contribution in [0.1, 0.15) is 49.9 Å². The third kappa shape index (κ3) is 7.18. The monoisotopic (exact) mass is 432 g/mol. The van der Waals surface area contributed by atoms with Crippen LogP contribution < -0.4 is 14.3 Å². The predicted octanol–water partition coefficient (Wildman–Crippen LogP) is 4.19. The lowest BCUT2D eigenvalue weighted by Gasteiger charge is -2.09. The predicted molar refractivity (Wildman–Crippen MR) is 117 cm³/mol. The highest BCUT2D eigenvalue weighted by molar-refractivity contribution is 7.89. The van der Waals surface area contributed by atoms with Gasteiger partial charge >= 0.3 is 0 Å². The summed E-state index contributed by atoms with van der Waals surface area (Å²) < 4.78 is 35.6. The number of para-hydroxylation sites is 1. The standard InChI is InChI=1S/C22H28N2O5S/c1-3-5-6-9-16-29-22-11-8-7-10-20(22)21(25)17-23-24-30(26,27)19-14-12-18(13-15-19)28-4-2/h7-8,10-15,17,24H,3-6,9,16H2,1-2H3/b23-17+. The van der Waals surface area contributed by atoms with E-state index in [0.717, 1.165) is 31.9 Å². The molecule has 0 atom stereocenters. The van der Waals surface area contributed by atoms with Crippen LogP contribution in [0.2, 0.25) is 0 Å². The molecular formula is C22H28N2O5S. The van der Waals surface area contributed by atoms with Crippen molar-refractivity contribution >= 4 is 22.0 Å². The van der Waals surface area contributed by atoms with Gasteiger partial charge in [-0.15, -0.1) is 0 Å². The van der Waals surface area contributed by atoms with E-state index in [2.05, 4.69) is 16.9 Å². The Morgan fingerprint density at radius 3 is 2.43 bits per heavy atom. The van der Waals surface area contributed by atoms with Crippen LogP contribution in [0.25, 0.3) is 0 Å². The smallest absolute Gasteiger partial charge is 0.276 e. The van der Waals surface area contributed by atoms with Gasteiger partial charge in [-0.2, -0.15) is 18.4 Å². The van der Waals surface area contributed by atoms with Gasteiger partial charge in [0.2, 0.25) is 5.78 Å². The summed E-state index contributed by atoms with van der Waals surface area (Å²) in [6.45, 7) is 4.98. The molecule has 0 bridgehead atoms. The number of carbonyl (C=O) groups excluding carboxylic acids is 1. The van der Waals surface area contributed by atoms with E-state index in [0.29, 0.717) is 30.3 Å². The first-order valence-corrected chi connectivity index (χ1v) is 11.5. The van der Waals surface area contributed by atoms with E-state index in [9.17, 15) is 13.2 Å². The molecule has 162 valence electrons. The Bertz CT molecular complexity index is 940. The molecule has 2 aromatic rings. The fourth-order valence-electron chi connectivity index (χ4n) is 2.67. The zero-order valence-corrected chi connectivity index (χ0v) is 18.2. The number of hydrogen-bond acceptors (Lipinski definition) is 6. The Labute approximate surface area is 178 Å². The van der Waals surface area contributed by atoms with Crippen molar-refractivity contribution in [1.29, 1.82) is 0 Å². The van der Waals surface area contributed by atoms with Gasteiger partial charge in [-0.05, 0) is 49.7 Å². The average Bonchev–Trinajstić information content (AvgIpc) is 2.74. The van der Waals surface area contributed by atoms with Crippen LogP contribution >= 0.6 is 0 Å². The van der Waals surface area contributed by atoms with Gasteiger partial charge in [-0.1, -0.05) is 38.3 Å². The molecule has 8 heteroatoms. The number of carbonyl (C=O) groups is 1. The molecule has 1 N–H and O–H groups in total. The number of ether oxygens (including phenoxy) is 2. The Balaban J connectivity index is 1.98. The third-order valence-corrected chi connectivity index (χ3v) is 5.45. The lowest BCUT2D eigenvalue weighted by atomic mass is 10.1. The Morgan fingerprint density at radius 1 is 1.00 bits per heavy atom. The molecule has 2 aromatic carbocycles. The summed E-state index contributed by atoms with van der Waals surface area (Å²) in [5.41, 5.74) is 0.331. The molecule has 0 saturated carbocycles. The van der Waals surface area contributed by atoms with Crippen molar-refractivity contribution in [2.45, 2.75) is 44.4 Å². The van der Waals surface area contributed by atoms with Gasteiger partial charge in [-0.25, -0.2) is 0 Å². The summed E-state index contributed by atoms with van der Waals surface area (Å²) in [6.07, 6.45) is 5.20. The van der Waals surface area contributed by atoms with E-state index < -0.39 is 15.8 Å². The topological polar surface area (TPSA) is 94.1 Å². The van der Waals surface area contributed by atoms with Gasteiger partial charge < -0.3 is 9.47 Å². The number of unbranched alkanes of at least 4 members (excludes halogenated alkanes) is 3. The molecule has 0 aliphatic rings. The molecule has 0 spiro atoms. The Morgan fingerprint density at radius 2 is 1.73 bits per heavy atom. The number of rotatable bonds is 13. The summed E-state index contributed by atoms with van der Waals surface area (Å²) in [5.74, 6) is 0.579. The molecule has 0 aromatic heterocycles. The average molecular weight is 433 g/mol. The van der Waals surface area contributed by atoms with E-state index >= 15 is 0 Å². The number of benzene rings is 2. The fourth-order valence-corrected chi connectivity index (χ4v) is 3.46. The van der Waals surface area contributed by atoms with Crippen molar-refractivity contribution in [1.82, 2.24) is 4.83 Å². The summed E-state index contributed by atoms with van der Waals surface area (Å²) >= 11 is 0. The highest BCUT2D eigenvalue weighted by atomic mass is 32.2. The second-order valence-corrected chi connectivity index (χ2v) is 8.19. The number of sulfonamides is 1. The number of ketones is 1. The fraction of sp³-hybridized carbons (Fsp3) is 0.364. The van der Waals surface area contributed by atoms with E-state index in [-0.39, 0.29) is 4.90 Å². The lowest BCUT2D eigenvalue weighted by molar-refractivity contribution is 0.106. The van der Waals surface area contributed by atoms with Gasteiger partial charge in [0.05, 0.1) is 29.9 Å². The van der Waals surface area contributed by atoms with Crippen molar-refractivity contribution in [2.24, 2.45) is 5.10 Å². The molecule has 0 amide bonds. The van der Waals surface area contributed by atoms with Gasteiger partial charge in [-0.3, -0.25) is 4.79 Å². The zero-order valence-electron chi connectivity index (χ0n) is 17.3. The largest absolute Gasteiger partial charge is 0.494 e. The van der Waals surface area contributed by atoms with Crippen LogP contribution in [0.4, 0.5) is 0 Å². The Hall–Kier alpha value is -2.87. The van der Waals surface area contributed by atoms with Crippen molar-refractivity contribution in [3.8, 4) is 11.5 Å². The highest BCUT2D eigenvalue weighted by Gasteiger charge is 2.14. The van der Waals surface area contributed by atoms with Gasteiger partial charge in [0, 0.05) is 0 Å².